The van der Waals surface area contributed by atoms with Gasteiger partial charge in [-0.15, -0.1) is 10.2 Å². The second-order valence-corrected chi connectivity index (χ2v) is 7.89. The van der Waals surface area contributed by atoms with Crippen LogP contribution in [-0.2, 0) is 11.3 Å². The summed E-state index contributed by atoms with van der Waals surface area (Å²) in [5, 5.41) is 9.79. The van der Waals surface area contributed by atoms with E-state index in [2.05, 4.69) is 30.8 Å². The van der Waals surface area contributed by atoms with E-state index in [1.165, 1.54) is 6.07 Å². The van der Waals surface area contributed by atoms with E-state index in [1.54, 1.807) is 19.4 Å². The first-order chi connectivity index (χ1) is 15.6. The molecule has 1 fully saturated rings. The Labute approximate surface area is 185 Å². The van der Waals surface area contributed by atoms with E-state index in [1.807, 2.05) is 36.6 Å². The first kappa shape index (κ1) is 20.4. The predicted octanol–water partition coefficient (Wildman–Crippen LogP) is 3.67. The van der Waals surface area contributed by atoms with Crippen LogP contribution < -0.4 is 9.64 Å². The van der Waals surface area contributed by atoms with Crippen molar-refractivity contribution in [3.05, 3.63) is 59.9 Å². The molecule has 0 radical (unpaired) electrons. The van der Waals surface area contributed by atoms with Crippen LogP contribution >= 0.6 is 0 Å². The van der Waals surface area contributed by atoms with Gasteiger partial charge in [0, 0.05) is 42.9 Å². The average molecular weight is 436 g/mol. The van der Waals surface area contributed by atoms with Gasteiger partial charge >= 0.3 is 0 Å². The number of hydrogen-bond acceptors (Lipinski definition) is 6. The lowest BCUT2D eigenvalue weighted by Gasteiger charge is -2.41. The highest BCUT2D eigenvalue weighted by atomic mass is 19.1. The highest BCUT2D eigenvalue weighted by molar-refractivity contribution is 5.84. The lowest BCUT2D eigenvalue weighted by Crippen LogP contribution is -2.48. The monoisotopic (exact) mass is 436 g/mol. The minimum Gasteiger partial charge on any atom is -0.481 e. The summed E-state index contributed by atoms with van der Waals surface area (Å²) in [6.45, 7) is 6.47. The zero-order valence-electron chi connectivity index (χ0n) is 18.3. The smallest absolute Gasteiger partial charge is 0.232 e. The number of halogens is 1. The number of pyridine rings is 1. The fraction of sp³-hybridized carbons (Fsp3) is 0.348. The molecule has 3 aromatic heterocycles. The van der Waals surface area contributed by atoms with Crippen molar-refractivity contribution in [3.8, 4) is 11.6 Å². The maximum absolute atomic E-state index is 13.7. The van der Waals surface area contributed by atoms with E-state index >= 15 is 0 Å². The molecule has 5 rings (SSSR count). The van der Waals surface area contributed by atoms with Gasteiger partial charge in [0.2, 0.25) is 11.8 Å². The highest BCUT2D eigenvalue weighted by Crippen LogP contribution is 2.33. The zero-order valence-corrected chi connectivity index (χ0v) is 18.3. The zero-order chi connectivity index (χ0) is 22.2. The van der Waals surface area contributed by atoms with E-state index in [9.17, 15) is 4.39 Å². The molecule has 0 spiro atoms. The van der Waals surface area contributed by atoms with Gasteiger partial charge in [-0.05, 0) is 43.7 Å². The maximum Gasteiger partial charge on any atom is 0.232 e. The summed E-state index contributed by atoms with van der Waals surface area (Å²) in [7, 11) is 1.59. The Hall–Kier alpha value is -3.46. The van der Waals surface area contributed by atoms with Crippen LogP contribution in [0.3, 0.4) is 0 Å². The van der Waals surface area contributed by atoms with Gasteiger partial charge in [0.05, 0.1) is 25.0 Å². The summed E-state index contributed by atoms with van der Waals surface area (Å²) in [5.41, 5.74) is 2.97. The molecule has 4 aromatic rings. The van der Waals surface area contributed by atoms with Crippen LogP contribution in [0.1, 0.15) is 24.4 Å². The highest BCUT2D eigenvalue weighted by Gasteiger charge is 2.33. The number of nitrogens with zero attached hydrogens (tertiary/aromatic N) is 6. The summed E-state index contributed by atoms with van der Waals surface area (Å²) >= 11 is 0. The van der Waals surface area contributed by atoms with Crippen LogP contribution in [0, 0.1) is 12.7 Å². The van der Waals surface area contributed by atoms with Crippen molar-refractivity contribution in [2.45, 2.75) is 26.5 Å². The Bertz CT molecular complexity index is 1240. The number of benzene rings is 1. The number of methoxy groups -OCH3 is 1. The molecule has 1 aromatic carbocycles. The Morgan fingerprint density at radius 1 is 1.16 bits per heavy atom. The molecule has 0 bridgehead atoms. The number of anilines is 1. The second kappa shape index (κ2) is 8.23. The Morgan fingerprint density at radius 2 is 2.00 bits per heavy atom. The number of aryl methyl sites for hydroxylation is 1. The molecule has 32 heavy (non-hydrogen) atoms. The van der Waals surface area contributed by atoms with Crippen molar-refractivity contribution in [2.75, 3.05) is 31.7 Å². The first-order valence-corrected chi connectivity index (χ1v) is 10.6. The Balaban J connectivity index is 1.43. The number of aromatic nitrogens is 5. The van der Waals surface area contributed by atoms with Crippen molar-refractivity contribution >= 4 is 16.9 Å². The van der Waals surface area contributed by atoms with E-state index in [4.69, 9.17) is 9.47 Å². The third-order valence-corrected chi connectivity index (χ3v) is 5.87. The molecule has 4 heterocycles. The van der Waals surface area contributed by atoms with Crippen LogP contribution in [0.5, 0.6) is 5.88 Å². The van der Waals surface area contributed by atoms with E-state index in [0.717, 1.165) is 47.0 Å². The standard InChI is InChI=1S/C23H25FN6O2/c1-4-32-14-21-26-27-23(30(21)17-6-8-22(31-3)25-10-17)28-12-18(13-28)29-11-15(2)19-9-16(24)5-7-20(19)29/h5-11,18H,4,12-14H2,1-3H3. The lowest BCUT2D eigenvalue weighted by molar-refractivity contribution is 0.127. The molecule has 0 N–H and O–H groups in total. The molecule has 0 atom stereocenters. The van der Waals surface area contributed by atoms with Gasteiger partial charge in [0.15, 0.2) is 5.82 Å². The van der Waals surface area contributed by atoms with Crippen LogP contribution in [0.4, 0.5) is 10.3 Å². The molecule has 0 amide bonds. The van der Waals surface area contributed by atoms with Gasteiger partial charge in [-0.25, -0.2) is 9.37 Å². The van der Waals surface area contributed by atoms with Crippen molar-refractivity contribution in [1.29, 1.82) is 0 Å². The van der Waals surface area contributed by atoms with E-state index < -0.39 is 0 Å². The van der Waals surface area contributed by atoms with Gasteiger partial charge < -0.3 is 18.9 Å². The number of hydrogen-bond donors (Lipinski definition) is 0. The summed E-state index contributed by atoms with van der Waals surface area (Å²) < 4.78 is 28.7. The molecule has 1 aliphatic heterocycles. The topological polar surface area (TPSA) is 70.2 Å². The quantitative estimate of drug-likeness (QED) is 0.440. The third kappa shape index (κ3) is 3.48. The van der Waals surface area contributed by atoms with Crippen LogP contribution in [0.25, 0.3) is 16.6 Å². The third-order valence-electron chi connectivity index (χ3n) is 5.87. The van der Waals surface area contributed by atoms with Gasteiger partial charge in [-0.1, -0.05) is 0 Å². The molecule has 8 nitrogen and oxygen atoms in total. The lowest BCUT2D eigenvalue weighted by atomic mass is 10.1. The molecule has 1 aliphatic rings. The van der Waals surface area contributed by atoms with Crippen LogP contribution in [0.15, 0.2) is 42.7 Å². The number of fused-ring (bicyclic) bond motifs is 1. The number of ether oxygens (including phenoxy) is 2. The van der Waals surface area contributed by atoms with Crippen LogP contribution in [0.2, 0.25) is 0 Å². The minimum atomic E-state index is -0.211. The largest absolute Gasteiger partial charge is 0.481 e. The number of rotatable bonds is 7. The Morgan fingerprint density at radius 3 is 2.72 bits per heavy atom. The fourth-order valence-electron chi connectivity index (χ4n) is 4.18. The molecule has 0 aliphatic carbocycles. The molecule has 166 valence electrons. The van der Waals surface area contributed by atoms with Gasteiger partial charge in [-0.2, -0.15) is 0 Å². The molecular weight excluding hydrogens is 411 g/mol. The summed E-state index contributed by atoms with van der Waals surface area (Å²) in [4.78, 5) is 6.52. The normalized spacial score (nSPS) is 14.2. The minimum absolute atomic E-state index is 0.211. The van der Waals surface area contributed by atoms with Crippen molar-refractivity contribution < 1.29 is 13.9 Å². The average Bonchev–Trinajstić information content (AvgIpc) is 3.32. The van der Waals surface area contributed by atoms with Crippen molar-refractivity contribution in [2.24, 2.45) is 0 Å². The molecule has 9 heteroatoms. The summed E-state index contributed by atoms with van der Waals surface area (Å²) in [6, 6.07) is 8.99. The van der Waals surface area contributed by atoms with E-state index in [-0.39, 0.29) is 11.9 Å². The van der Waals surface area contributed by atoms with Crippen molar-refractivity contribution in [3.63, 3.8) is 0 Å². The van der Waals surface area contributed by atoms with Gasteiger partial charge in [-0.3, -0.25) is 4.57 Å². The second-order valence-electron chi connectivity index (χ2n) is 7.89. The molecule has 0 saturated carbocycles. The maximum atomic E-state index is 13.7. The van der Waals surface area contributed by atoms with Gasteiger partial charge in [0.25, 0.3) is 0 Å². The van der Waals surface area contributed by atoms with Gasteiger partial charge in [0.1, 0.15) is 12.4 Å². The first-order valence-electron chi connectivity index (χ1n) is 10.6. The fourth-order valence-corrected chi connectivity index (χ4v) is 4.18. The van der Waals surface area contributed by atoms with Crippen molar-refractivity contribution in [1.82, 2.24) is 24.3 Å². The Kier molecular flexibility index (Phi) is 5.26. The SMILES string of the molecule is CCOCc1nnc(N2CC(n3cc(C)c4cc(F)ccc43)C2)n1-c1ccc(OC)nc1. The molecule has 0 unspecified atom stereocenters. The van der Waals surface area contributed by atoms with Crippen LogP contribution in [-0.4, -0.2) is 51.1 Å². The molecular formula is C23H25FN6O2. The van der Waals surface area contributed by atoms with E-state index in [0.29, 0.717) is 19.1 Å². The summed E-state index contributed by atoms with van der Waals surface area (Å²) in [6.07, 6.45) is 3.85. The molecule has 1 saturated heterocycles. The predicted molar refractivity (Wildman–Crippen MR) is 119 cm³/mol. The summed E-state index contributed by atoms with van der Waals surface area (Å²) in [5.74, 6) is 1.80.